The summed E-state index contributed by atoms with van der Waals surface area (Å²) >= 11 is 0. The van der Waals surface area contributed by atoms with Crippen LogP contribution < -0.4 is 4.90 Å². The SMILES string of the molecule is Cc1ccc(C2c3[nH]c4ccccc4c3CC(=O)N2c2ncc(F)cn2)c(F)c1F. The molecule has 0 bridgehead atoms. The van der Waals surface area contributed by atoms with E-state index in [-0.39, 0.29) is 23.5 Å². The smallest absolute Gasteiger partial charge is 0.234 e. The van der Waals surface area contributed by atoms with Crippen LogP contribution in [0, 0.1) is 24.4 Å². The quantitative estimate of drug-likeness (QED) is 0.536. The maximum absolute atomic E-state index is 15.0. The van der Waals surface area contributed by atoms with Crippen LogP contribution in [0.5, 0.6) is 0 Å². The molecule has 3 heterocycles. The predicted molar refractivity (Wildman–Crippen MR) is 104 cm³/mol. The van der Waals surface area contributed by atoms with Crippen LogP contribution in [0.25, 0.3) is 10.9 Å². The van der Waals surface area contributed by atoms with E-state index in [4.69, 9.17) is 0 Å². The van der Waals surface area contributed by atoms with Gasteiger partial charge in [0.25, 0.3) is 0 Å². The van der Waals surface area contributed by atoms with E-state index in [9.17, 15) is 13.6 Å². The van der Waals surface area contributed by atoms with Gasteiger partial charge in [-0.2, -0.15) is 0 Å². The lowest BCUT2D eigenvalue weighted by Gasteiger charge is -2.34. The van der Waals surface area contributed by atoms with Gasteiger partial charge < -0.3 is 4.98 Å². The largest absolute Gasteiger partial charge is 0.356 e. The molecule has 2 aromatic heterocycles. The van der Waals surface area contributed by atoms with Crippen LogP contribution in [0.4, 0.5) is 19.1 Å². The van der Waals surface area contributed by atoms with E-state index >= 15 is 4.39 Å². The number of halogens is 3. The Morgan fingerprint density at radius 2 is 1.77 bits per heavy atom. The number of hydrogen-bond donors (Lipinski definition) is 1. The van der Waals surface area contributed by atoms with Crippen LogP contribution in [-0.4, -0.2) is 20.9 Å². The Kier molecular flexibility index (Phi) is 4.09. The van der Waals surface area contributed by atoms with Gasteiger partial charge in [0.15, 0.2) is 17.5 Å². The Hall–Kier alpha value is -3.68. The Morgan fingerprint density at radius 3 is 2.53 bits per heavy atom. The fraction of sp³-hybridized carbons (Fsp3) is 0.136. The van der Waals surface area contributed by atoms with Gasteiger partial charge in [-0.3, -0.25) is 9.69 Å². The fourth-order valence-corrected chi connectivity index (χ4v) is 3.98. The molecule has 4 aromatic rings. The number of amides is 1. The number of aromatic nitrogens is 3. The van der Waals surface area contributed by atoms with E-state index in [0.29, 0.717) is 11.3 Å². The van der Waals surface area contributed by atoms with Crippen molar-refractivity contribution in [3.63, 3.8) is 0 Å². The summed E-state index contributed by atoms with van der Waals surface area (Å²) in [5.41, 5.74) is 2.15. The number of H-pyrrole nitrogens is 1. The maximum atomic E-state index is 15.0. The second-order valence-corrected chi connectivity index (χ2v) is 7.21. The van der Waals surface area contributed by atoms with Crippen molar-refractivity contribution in [2.45, 2.75) is 19.4 Å². The molecular formula is C22H15F3N4O. The average molecular weight is 408 g/mol. The Morgan fingerprint density at radius 1 is 1.03 bits per heavy atom. The lowest BCUT2D eigenvalue weighted by molar-refractivity contribution is -0.118. The number of nitrogens with one attached hydrogen (secondary N) is 1. The molecule has 5 nitrogen and oxygen atoms in total. The number of fused-ring (bicyclic) bond motifs is 3. The number of hydrogen-bond acceptors (Lipinski definition) is 3. The minimum Gasteiger partial charge on any atom is -0.356 e. The van der Waals surface area contributed by atoms with Crippen molar-refractivity contribution in [1.82, 2.24) is 15.0 Å². The third kappa shape index (κ3) is 2.67. The minimum absolute atomic E-state index is 0.0204. The fourth-order valence-electron chi connectivity index (χ4n) is 3.98. The van der Waals surface area contributed by atoms with Crippen LogP contribution in [0.2, 0.25) is 0 Å². The monoisotopic (exact) mass is 408 g/mol. The van der Waals surface area contributed by atoms with Crippen molar-refractivity contribution in [2.75, 3.05) is 4.90 Å². The standard InChI is InChI=1S/C22H15F3N4O/c1-11-6-7-14(19(25)18(11)24)21-20-15(13-4-2-3-5-16(13)28-20)8-17(30)29(21)22-26-9-12(23)10-27-22/h2-7,9-10,21,28H,8H2,1H3. The van der Waals surface area contributed by atoms with Crippen LogP contribution in [0.1, 0.15) is 28.4 Å². The molecule has 30 heavy (non-hydrogen) atoms. The zero-order chi connectivity index (χ0) is 21.0. The number of carbonyl (C=O) groups is 1. The third-order valence-electron chi connectivity index (χ3n) is 5.40. The Bertz CT molecular complexity index is 1300. The number of aromatic amines is 1. The molecule has 1 unspecified atom stereocenters. The first-order chi connectivity index (χ1) is 14.5. The molecule has 0 spiro atoms. The summed E-state index contributed by atoms with van der Waals surface area (Å²) in [5.74, 6) is -3.19. The van der Waals surface area contributed by atoms with Crippen molar-refractivity contribution in [1.29, 1.82) is 0 Å². The summed E-state index contributed by atoms with van der Waals surface area (Å²) in [7, 11) is 0. The molecule has 2 aromatic carbocycles. The van der Waals surface area contributed by atoms with Crippen LogP contribution in [-0.2, 0) is 11.2 Å². The second kappa shape index (κ2) is 6.69. The summed E-state index contributed by atoms with van der Waals surface area (Å²) in [4.78, 5) is 25.4. The second-order valence-electron chi connectivity index (χ2n) is 7.21. The lowest BCUT2D eigenvalue weighted by Crippen LogP contribution is -2.42. The number of anilines is 1. The first kappa shape index (κ1) is 18.4. The van der Waals surface area contributed by atoms with Crippen molar-refractivity contribution in [3.05, 3.63) is 88.6 Å². The van der Waals surface area contributed by atoms with Crippen LogP contribution in [0.15, 0.2) is 48.8 Å². The molecule has 1 amide bonds. The molecule has 1 N–H and O–H groups in total. The molecule has 0 saturated carbocycles. The average Bonchev–Trinajstić information content (AvgIpc) is 3.11. The first-order valence-corrected chi connectivity index (χ1v) is 9.29. The highest BCUT2D eigenvalue weighted by molar-refractivity contribution is 6.01. The molecular weight excluding hydrogens is 393 g/mol. The number of carbonyl (C=O) groups excluding carboxylic acids is 1. The highest BCUT2D eigenvalue weighted by atomic mass is 19.2. The van der Waals surface area contributed by atoms with Crippen molar-refractivity contribution in [2.24, 2.45) is 0 Å². The van der Waals surface area contributed by atoms with Gasteiger partial charge in [-0.15, -0.1) is 0 Å². The van der Waals surface area contributed by atoms with E-state index in [1.54, 1.807) is 0 Å². The molecule has 1 aliphatic heterocycles. The van der Waals surface area contributed by atoms with Crippen LogP contribution in [0.3, 0.4) is 0 Å². The highest BCUT2D eigenvalue weighted by Gasteiger charge is 2.40. The number of rotatable bonds is 2. The molecule has 150 valence electrons. The van der Waals surface area contributed by atoms with Crippen molar-refractivity contribution < 1.29 is 18.0 Å². The van der Waals surface area contributed by atoms with E-state index in [1.807, 2.05) is 24.3 Å². The van der Waals surface area contributed by atoms with Gasteiger partial charge in [0.05, 0.1) is 18.8 Å². The summed E-state index contributed by atoms with van der Waals surface area (Å²) in [6, 6.07) is 9.27. The topological polar surface area (TPSA) is 61.9 Å². The van der Waals surface area contributed by atoms with E-state index < -0.39 is 29.4 Å². The zero-order valence-corrected chi connectivity index (χ0v) is 15.8. The van der Waals surface area contributed by atoms with Gasteiger partial charge >= 0.3 is 0 Å². The molecule has 0 radical (unpaired) electrons. The Balaban J connectivity index is 1.80. The van der Waals surface area contributed by atoms with Crippen LogP contribution >= 0.6 is 0 Å². The minimum atomic E-state index is -1.05. The maximum Gasteiger partial charge on any atom is 0.234 e. The molecule has 0 fully saturated rings. The molecule has 5 rings (SSSR count). The lowest BCUT2D eigenvalue weighted by atomic mass is 9.91. The Labute approximate surface area is 169 Å². The van der Waals surface area contributed by atoms with Gasteiger partial charge in [-0.25, -0.2) is 23.1 Å². The van der Waals surface area contributed by atoms with Gasteiger partial charge in [0, 0.05) is 22.2 Å². The van der Waals surface area contributed by atoms with E-state index in [1.165, 1.54) is 24.0 Å². The summed E-state index contributed by atoms with van der Waals surface area (Å²) < 4.78 is 42.9. The number of para-hydroxylation sites is 1. The molecule has 1 aliphatic rings. The van der Waals surface area contributed by atoms with E-state index in [0.717, 1.165) is 23.3 Å². The van der Waals surface area contributed by atoms with Crippen molar-refractivity contribution in [3.8, 4) is 0 Å². The normalized spacial score (nSPS) is 16.2. The van der Waals surface area contributed by atoms with E-state index in [2.05, 4.69) is 15.0 Å². The van der Waals surface area contributed by atoms with Gasteiger partial charge in [0.1, 0.15) is 6.04 Å². The third-order valence-corrected chi connectivity index (χ3v) is 5.40. The predicted octanol–water partition coefficient (Wildman–Crippen LogP) is 4.36. The van der Waals surface area contributed by atoms with Gasteiger partial charge in [-0.05, 0) is 24.1 Å². The first-order valence-electron chi connectivity index (χ1n) is 9.29. The molecule has 0 aliphatic carbocycles. The van der Waals surface area contributed by atoms with Gasteiger partial charge in [-0.1, -0.05) is 30.3 Å². The molecule has 0 saturated heterocycles. The number of benzene rings is 2. The van der Waals surface area contributed by atoms with Gasteiger partial charge in [0.2, 0.25) is 11.9 Å². The molecule has 1 atom stereocenters. The van der Waals surface area contributed by atoms with Crippen molar-refractivity contribution >= 4 is 22.8 Å². The highest BCUT2D eigenvalue weighted by Crippen LogP contribution is 2.41. The zero-order valence-electron chi connectivity index (χ0n) is 15.8. The number of nitrogens with zero attached hydrogens (tertiary/aromatic N) is 3. The molecule has 8 heteroatoms. The summed E-state index contributed by atoms with van der Waals surface area (Å²) in [6.07, 6.45) is 1.88. The summed E-state index contributed by atoms with van der Waals surface area (Å²) in [6.45, 7) is 1.46. The number of aryl methyl sites for hydroxylation is 1. The summed E-state index contributed by atoms with van der Waals surface area (Å²) in [5, 5.41) is 0.832.